The number of rotatable bonds is 5. The second kappa shape index (κ2) is 9.91. The predicted octanol–water partition coefficient (Wildman–Crippen LogP) is 3.89. The molecule has 3 aromatic rings. The summed E-state index contributed by atoms with van der Waals surface area (Å²) >= 11 is 0. The molecule has 4 rings (SSSR count). The van der Waals surface area contributed by atoms with Gasteiger partial charge in [-0.05, 0) is 49.7 Å². The number of morpholine rings is 1. The maximum Gasteiger partial charge on any atom is 0.416 e. The first-order valence-corrected chi connectivity index (χ1v) is 11.2. The fourth-order valence-corrected chi connectivity index (χ4v) is 3.92. The highest BCUT2D eigenvalue weighted by Gasteiger charge is 2.30. The summed E-state index contributed by atoms with van der Waals surface area (Å²) in [5.74, 6) is -0.708. The molecule has 1 N–H and O–H groups in total. The Morgan fingerprint density at radius 1 is 1.06 bits per heavy atom. The topological polar surface area (TPSA) is 76.5 Å². The van der Waals surface area contributed by atoms with E-state index in [2.05, 4.69) is 15.3 Å². The Bertz CT molecular complexity index is 1270. The normalized spacial score (nSPS) is 15.1. The second-order valence-corrected chi connectivity index (χ2v) is 8.34. The molecule has 1 fully saturated rings. The predicted molar refractivity (Wildman–Crippen MR) is 125 cm³/mol. The van der Waals surface area contributed by atoms with Crippen molar-refractivity contribution in [1.29, 1.82) is 0 Å². The molecule has 184 valence electrons. The molecule has 1 atom stereocenters. The fraction of sp³-hybridized carbons (Fsp3) is 0.320. The van der Waals surface area contributed by atoms with Gasteiger partial charge in [0.05, 0.1) is 30.5 Å². The van der Waals surface area contributed by atoms with Gasteiger partial charge in [-0.2, -0.15) is 18.3 Å². The third-order valence-corrected chi connectivity index (χ3v) is 5.86. The van der Waals surface area contributed by atoms with Crippen LogP contribution < -0.4 is 15.6 Å². The third-order valence-electron chi connectivity index (χ3n) is 5.86. The number of nitrogens with one attached hydrogen (secondary N) is 1. The Morgan fingerprint density at radius 2 is 1.74 bits per heavy atom. The van der Waals surface area contributed by atoms with Gasteiger partial charge in [-0.25, -0.2) is 4.68 Å². The van der Waals surface area contributed by atoms with Gasteiger partial charge >= 0.3 is 6.18 Å². The summed E-state index contributed by atoms with van der Waals surface area (Å²) < 4.78 is 45.9. The van der Waals surface area contributed by atoms with E-state index in [-0.39, 0.29) is 5.69 Å². The molecule has 0 bridgehead atoms. The lowest BCUT2D eigenvalue weighted by molar-refractivity contribution is -0.137. The van der Waals surface area contributed by atoms with Crippen LogP contribution in [0.5, 0.6) is 0 Å². The second-order valence-electron chi connectivity index (χ2n) is 8.34. The van der Waals surface area contributed by atoms with Crippen molar-refractivity contribution in [3.63, 3.8) is 0 Å². The van der Waals surface area contributed by atoms with Crippen LogP contribution in [-0.2, 0) is 10.9 Å². The molecule has 0 radical (unpaired) electrons. The van der Waals surface area contributed by atoms with Gasteiger partial charge in [-0.1, -0.05) is 18.2 Å². The Balaban J connectivity index is 1.54. The highest BCUT2D eigenvalue weighted by Crippen LogP contribution is 2.30. The minimum atomic E-state index is -4.53. The van der Waals surface area contributed by atoms with E-state index >= 15 is 0 Å². The van der Waals surface area contributed by atoms with Crippen LogP contribution in [0, 0.1) is 6.92 Å². The van der Waals surface area contributed by atoms with Crippen LogP contribution in [-0.4, -0.2) is 42.0 Å². The molecule has 0 spiro atoms. The van der Waals surface area contributed by atoms with Gasteiger partial charge in [0.2, 0.25) is 5.43 Å². The van der Waals surface area contributed by atoms with Crippen molar-refractivity contribution >= 4 is 11.6 Å². The summed E-state index contributed by atoms with van der Waals surface area (Å²) in [7, 11) is 0. The van der Waals surface area contributed by atoms with E-state index in [9.17, 15) is 22.8 Å². The van der Waals surface area contributed by atoms with Crippen LogP contribution in [0.25, 0.3) is 5.69 Å². The van der Waals surface area contributed by atoms with Crippen molar-refractivity contribution in [2.75, 3.05) is 31.2 Å². The summed E-state index contributed by atoms with van der Waals surface area (Å²) in [4.78, 5) is 27.6. The molecule has 35 heavy (non-hydrogen) atoms. The van der Waals surface area contributed by atoms with Gasteiger partial charge in [-0.3, -0.25) is 9.59 Å². The third kappa shape index (κ3) is 5.54. The number of aryl methyl sites for hydroxylation is 1. The van der Waals surface area contributed by atoms with Gasteiger partial charge in [0, 0.05) is 30.5 Å². The molecular formula is C25H25F3N4O3. The number of nitrogens with zero attached hydrogens (tertiary/aromatic N) is 3. The van der Waals surface area contributed by atoms with Crippen LogP contribution in [0.1, 0.15) is 40.3 Å². The molecular weight excluding hydrogens is 461 g/mol. The van der Waals surface area contributed by atoms with E-state index in [4.69, 9.17) is 4.74 Å². The summed E-state index contributed by atoms with van der Waals surface area (Å²) in [5, 5.41) is 6.85. The fourth-order valence-electron chi connectivity index (χ4n) is 3.92. The smallest absolute Gasteiger partial charge is 0.378 e. The maximum atomic E-state index is 13.1. The molecule has 0 aliphatic carbocycles. The largest absolute Gasteiger partial charge is 0.416 e. The monoisotopic (exact) mass is 486 g/mol. The zero-order chi connectivity index (χ0) is 25.2. The Kier molecular flexibility index (Phi) is 6.93. The van der Waals surface area contributed by atoms with Crippen LogP contribution in [0.15, 0.2) is 59.4 Å². The first-order valence-electron chi connectivity index (χ1n) is 11.2. The Morgan fingerprint density at radius 3 is 2.40 bits per heavy atom. The molecule has 7 nitrogen and oxygen atoms in total. The van der Waals surface area contributed by atoms with Crippen molar-refractivity contribution in [2.24, 2.45) is 0 Å². The number of halogens is 3. The van der Waals surface area contributed by atoms with Crippen molar-refractivity contribution in [3.05, 3.63) is 87.3 Å². The van der Waals surface area contributed by atoms with Crippen LogP contribution in [0.3, 0.4) is 0 Å². The van der Waals surface area contributed by atoms with E-state index in [0.29, 0.717) is 18.9 Å². The van der Waals surface area contributed by atoms with E-state index in [0.717, 1.165) is 41.2 Å². The van der Waals surface area contributed by atoms with Gasteiger partial charge < -0.3 is 15.0 Å². The number of hydrogen-bond donors (Lipinski definition) is 1. The van der Waals surface area contributed by atoms with Gasteiger partial charge in [0.1, 0.15) is 0 Å². The quantitative estimate of drug-likeness (QED) is 0.592. The Labute approximate surface area is 200 Å². The van der Waals surface area contributed by atoms with E-state index in [1.54, 1.807) is 6.92 Å². The lowest BCUT2D eigenvalue weighted by atomic mass is 10.1. The molecule has 2 heterocycles. The molecule has 1 unspecified atom stereocenters. The van der Waals surface area contributed by atoms with Crippen molar-refractivity contribution in [2.45, 2.75) is 26.1 Å². The van der Waals surface area contributed by atoms with Gasteiger partial charge in [0.15, 0.2) is 5.69 Å². The minimum absolute atomic E-state index is 0.0955. The number of anilines is 1. The average Bonchev–Trinajstić information content (AvgIpc) is 2.84. The van der Waals surface area contributed by atoms with Crippen LogP contribution in [0.4, 0.5) is 18.9 Å². The number of carbonyl (C=O) groups is 1. The first-order chi connectivity index (χ1) is 16.6. The van der Waals surface area contributed by atoms with Crippen molar-refractivity contribution in [1.82, 2.24) is 15.1 Å². The molecule has 1 amide bonds. The average molecular weight is 486 g/mol. The molecule has 1 saturated heterocycles. The number of alkyl halides is 3. The zero-order valence-electron chi connectivity index (χ0n) is 19.3. The molecule has 10 heteroatoms. The molecule has 1 aromatic heterocycles. The highest BCUT2D eigenvalue weighted by molar-refractivity contribution is 5.92. The van der Waals surface area contributed by atoms with Gasteiger partial charge in [0.25, 0.3) is 5.91 Å². The summed E-state index contributed by atoms with van der Waals surface area (Å²) in [6.45, 7) is 6.29. The first kappa shape index (κ1) is 24.5. The minimum Gasteiger partial charge on any atom is -0.378 e. The molecule has 0 saturated carbocycles. The van der Waals surface area contributed by atoms with Gasteiger partial charge in [-0.15, -0.1) is 0 Å². The van der Waals surface area contributed by atoms with E-state index < -0.39 is 34.8 Å². The zero-order valence-corrected chi connectivity index (χ0v) is 19.3. The van der Waals surface area contributed by atoms with Crippen LogP contribution >= 0.6 is 0 Å². The molecule has 1 aliphatic heterocycles. The van der Waals surface area contributed by atoms with E-state index in [1.807, 2.05) is 24.3 Å². The standard InChI is InChI=1S/C25H25F3N4O3/c1-16-14-22(33)23(30-32(16)21-5-3-4-19(15-21)25(26,27)28)24(34)29-17(2)18-6-8-20(9-7-18)31-10-12-35-13-11-31/h3-9,14-15,17H,10-13H2,1-2H3,(H,29,34). The number of ether oxygens (including phenoxy) is 1. The highest BCUT2D eigenvalue weighted by atomic mass is 19.4. The number of carbonyl (C=O) groups excluding carboxylic acids is 1. The van der Waals surface area contributed by atoms with Crippen molar-refractivity contribution < 1.29 is 22.7 Å². The number of amides is 1. The SMILES string of the molecule is Cc1cc(=O)c(C(=O)NC(C)c2ccc(N3CCOCC3)cc2)nn1-c1cccc(C(F)(F)F)c1. The Hall–Kier alpha value is -3.66. The lowest BCUT2D eigenvalue weighted by Gasteiger charge is -2.29. The summed E-state index contributed by atoms with van der Waals surface area (Å²) in [6, 6.07) is 13.0. The summed E-state index contributed by atoms with van der Waals surface area (Å²) in [6.07, 6.45) is -4.53. The number of aromatic nitrogens is 2. The van der Waals surface area contributed by atoms with Crippen molar-refractivity contribution in [3.8, 4) is 5.69 Å². The molecule has 1 aliphatic rings. The maximum absolute atomic E-state index is 13.1. The molecule has 2 aromatic carbocycles. The number of hydrogen-bond acceptors (Lipinski definition) is 5. The number of benzene rings is 2. The lowest BCUT2D eigenvalue weighted by Crippen LogP contribution is -2.36. The van der Waals surface area contributed by atoms with Crippen LogP contribution in [0.2, 0.25) is 0 Å². The van der Waals surface area contributed by atoms with E-state index in [1.165, 1.54) is 25.1 Å². The summed E-state index contributed by atoms with van der Waals surface area (Å²) in [5.41, 5.74) is 0.425.